The van der Waals surface area contributed by atoms with Crippen LogP contribution in [0.2, 0.25) is 5.02 Å². The van der Waals surface area contributed by atoms with Crippen molar-refractivity contribution in [1.29, 1.82) is 0 Å². The molecule has 0 amide bonds. The van der Waals surface area contributed by atoms with Gasteiger partial charge in [-0.1, -0.05) is 45.7 Å². The molecular weight excluding hydrogens is 420 g/mol. The van der Waals surface area contributed by atoms with Crippen LogP contribution >= 0.6 is 54.8 Å². The van der Waals surface area contributed by atoms with Crippen molar-refractivity contribution < 1.29 is 0 Å². The molecule has 0 aliphatic heterocycles. The summed E-state index contributed by atoms with van der Waals surface area (Å²) in [5, 5.41) is 4.30. The zero-order valence-corrected chi connectivity index (χ0v) is 15.4. The Morgan fingerprint density at radius 1 is 1.15 bits per heavy atom. The van der Waals surface area contributed by atoms with E-state index in [1.54, 1.807) is 11.3 Å². The van der Waals surface area contributed by atoms with Crippen LogP contribution in [0.3, 0.4) is 0 Å². The van der Waals surface area contributed by atoms with Gasteiger partial charge in [0.05, 0.1) is 4.83 Å². The van der Waals surface area contributed by atoms with E-state index in [4.69, 9.17) is 11.6 Å². The molecule has 0 saturated carbocycles. The average molecular weight is 431 g/mol. The molecule has 0 bridgehead atoms. The first-order chi connectivity index (χ1) is 9.58. The second-order valence-corrected chi connectivity index (χ2v) is 7.76. The standard InChI is InChI=1S/C16H11Br2ClS/c1-9-7-10(19)5-6-11(9)15(18)13-8-20-16-12(13)3-2-4-14(16)17/h2-8,15H,1H3. The van der Waals surface area contributed by atoms with Crippen molar-refractivity contribution in [2.24, 2.45) is 0 Å². The topological polar surface area (TPSA) is 0 Å². The maximum atomic E-state index is 6.04. The minimum absolute atomic E-state index is 0.183. The monoisotopic (exact) mass is 428 g/mol. The Kier molecular flexibility index (Phi) is 4.23. The van der Waals surface area contributed by atoms with Crippen LogP contribution in [-0.2, 0) is 0 Å². The first-order valence-electron chi connectivity index (χ1n) is 6.13. The van der Waals surface area contributed by atoms with Crippen molar-refractivity contribution in [2.45, 2.75) is 11.8 Å². The molecule has 1 atom stereocenters. The zero-order chi connectivity index (χ0) is 14.3. The van der Waals surface area contributed by atoms with Crippen LogP contribution in [-0.4, -0.2) is 0 Å². The van der Waals surface area contributed by atoms with E-state index in [0.29, 0.717) is 0 Å². The molecule has 0 spiro atoms. The normalized spacial score (nSPS) is 12.8. The van der Waals surface area contributed by atoms with E-state index in [-0.39, 0.29) is 4.83 Å². The minimum atomic E-state index is 0.183. The highest BCUT2D eigenvalue weighted by Gasteiger charge is 2.17. The summed E-state index contributed by atoms with van der Waals surface area (Å²) in [7, 11) is 0. The lowest BCUT2D eigenvalue weighted by atomic mass is 10.00. The Labute approximate surface area is 144 Å². The molecule has 0 N–H and O–H groups in total. The van der Waals surface area contributed by atoms with Crippen molar-refractivity contribution in [1.82, 2.24) is 0 Å². The second kappa shape index (κ2) is 5.80. The van der Waals surface area contributed by atoms with Crippen LogP contribution in [0.15, 0.2) is 46.3 Å². The van der Waals surface area contributed by atoms with Gasteiger partial charge in [-0.25, -0.2) is 0 Å². The van der Waals surface area contributed by atoms with Gasteiger partial charge in [0.15, 0.2) is 0 Å². The lowest BCUT2D eigenvalue weighted by Gasteiger charge is -2.13. The van der Waals surface area contributed by atoms with E-state index in [9.17, 15) is 0 Å². The van der Waals surface area contributed by atoms with Crippen LogP contribution in [0.4, 0.5) is 0 Å². The van der Waals surface area contributed by atoms with Gasteiger partial charge in [0.2, 0.25) is 0 Å². The van der Waals surface area contributed by atoms with Gasteiger partial charge >= 0.3 is 0 Å². The Morgan fingerprint density at radius 2 is 1.95 bits per heavy atom. The molecule has 102 valence electrons. The number of rotatable bonds is 2. The molecule has 0 radical (unpaired) electrons. The number of aryl methyl sites for hydroxylation is 1. The SMILES string of the molecule is Cc1cc(Cl)ccc1C(Br)c1csc2c(Br)cccc12. The summed E-state index contributed by atoms with van der Waals surface area (Å²) in [6.07, 6.45) is 0. The first-order valence-corrected chi connectivity index (χ1v) is 9.10. The highest BCUT2D eigenvalue weighted by atomic mass is 79.9. The lowest BCUT2D eigenvalue weighted by molar-refractivity contribution is 1.17. The first kappa shape index (κ1) is 14.6. The quantitative estimate of drug-likeness (QED) is 0.380. The smallest absolute Gasteiger partial charge is 0.0661 e. The van der Waals surface area contributed by atoms with E-state index in [2.05, 4.69) is 68.4 Å². The van der Waals surface area contributed by atoms with Crippen LogP contribution in [0, 0.1) is 6.92 Å². The summed E-state index contributed by atoms with van der Waals surface area (Å²) in [5.41, 5.74) is 3.76. The van der Waals surface area contributed by atoms with Crippen molar-refractivity contribution in [3.63, 3.8) is 0 Å². The third kappa shape index (κ3) is 2.57. The van der Waals surface area contributed by atoms with Crippen LogP contribution < -0.4 is 0 Å². The molecule has 4 heteroatoms. The summed E-state index contributed by atoms with van der Waals surface area (Å²) in [6, 6.07) is 12.4. The molecule has 2 aromatic carbocycles. The number of fused-ring (bicyclic) bond motifs is 1. The molecular formula is C16H11Br2ClS. The van der Waals surface area contributed by atoms with Gasteiger partial charge in [0.1, 0.15) is 0 Å². The second-order valence-electron chi connectivity index (χ2n) is 4.67. The van der Waals surface area contributed by atoms with Gasteiger partial charge in [-0.15, -0.1) is 11.3 Å². The molecule has 3 rings (SSSR count). The Hall–Kier alpha value is -0.350. The molecule has 1 aromatic heterocycles. The number of hydrogen-bond donors (Lipinski definition) is 0. The molecule has 0 saturated heterocycles. The largest absolute Gasteiger partial charge is 0.142 e. The van der Waals surface area contributed by atoms with E-state index in [0.717, 1.165) is 9.50 Å². The van der Waals surface area contributed by atoms with E-state index < -0.39 is 0 Å². The molecule has 3 aromatic rings. The minimum Gasteiger partial charge on any atom is -0.142 e. The third-order valence-electron chi connectivity index (χ3n) is 3.36. The fraction of sp³-hybridized carbons (Fsp3) is 0.125. The van der Waals surface area contributed by atoms with Gasteiger partial charge < -0.3 is 0 Å². The fourth-order valence-corrected chi connectivity index (χ4v) is 5.27. The number of alkyl halides is 1. The fourth-order valence-electron chi connectivity index (χ4n) is 2.33. The summed E-state index contributed by atoms with van der Waals surface area (Å²) in [5.74, 6) is 0. The molecule has 20 heavy (non-hydrogen) atoms. The number of hydrogen-bond acceptors (Lipinski definition) is 1. The van der Waals surface area contributed by atoms with E-state index in [1.807, 2.05) is 12.1 Å². The van der Waals surface area contributed by atoms with Gasteiger partial charge in [-0.3, -0.25) is 0 Å². The van der Waals surface area contributed by atoms with Crippen molar-refractivity contribution in [3.8, 4) is 0 Å². The predicted octanol–water partition coefficient (Wildman–Crippen LogP) is 7.11. The van der Waals surface area contributed by atoms with Gasteiger partial charge in [0.25, 0.3) is 0 Å². The van der Waals surface area contributed by atoms with Crippen molar-refractivity contribution >= 4 is 64.9 Å². The van der Waals surface area contributed by atoms with Gasteiger partial charge in [-0.2, -0.15) is 0 Å². The summed E-state index contributed by atoms with van der Waals surface area (Å²) < 4.78 is 2.44. The molecule has 0 fully saturated rings. The van der Waals surface area contributed by atoms with Crippen molar-refractivity contribution in [3.05, 3.63) is 68.0 Å². The summed E-state index contributed by atoms with van der Waals surface area (Å²) in [6.45, 7) is 2.10. The van der Waals surface area contributed by atoms with E-state index >= 15 is 0 Å². The Bertz CT molecular complexity index is 779. The molecule has 0 aliphatic carbocycles. The van der Waals surface area contributed by atoms with Gasteiger partial charge in [0, 0.05) is 14.2 Å². The highest BCUT2D eigenvalue weighted by molar-refractivity contribution is 9.10. The maximum absolute atomic E-state index is 6.04. The summed E-state index contributed by atoms with van der Waals surface area (Å²) >= 11 is 15.3. The van der Waals surface area contributed by atoms with Crippen LogP contribution in [0.1, 0.15) is 21.5 Å². The molecule has 1 unspecified atom stereocenters. The predicted molar refractivity (Wildman–Crippen MR) is 96.5 cm³/mol. The zero-order valence-electron chi connectivity index (χ0n) is 10.7. The Balaban J connectivity index is 2.13. The molecule has 0 nitrogen and oxygen atoms in total. The number of halogens is 3. The average Bonchev–Trinajstić information content (AvgIpc) is 2.83. The van der Waals surface area contributed by atoms with Crippen molar-refractivity contribution in [2.75, 3.05) is 0 Å². The summed E-state index contributed by atoms with van der Waals surface area (Å²) in [4.78, 5) is 0.183. The third-order valence-corrected chi connectivity index (χ3v) is 6.55. The van der Waals surface area contributed by atoms with Crippen LogP contribution in [0.25, 0.3) is 10.1 Å². The number of thiophene rings is 1. The molecule has 0 aliphatic rings. The molecule has 1 heterocycles. The Morgan fingerprint density at radius 3 is 2.70 bits per heavy atom. The van der Waals surface area contributed by atoms with Gasteiger partial charge in [-0.05, 0) is 68.5 Å². The maximum Gasteiger partial charge on any atom is 0.0661 e. The van der Waals surface area contributed by atoms with Crippen LogP contribution in [0.5, 0.6) is 0 Å². The number of benzene rings is 2. The van der Waals surface area contributed by atoms with E-state index in [1.165, 1.54) is 26.8 Å². The lowest BCUT2D eigenvalue weighted by Crippen LogP contribution is -1.94. The highest BCUT2D eigenvalue weighted by Crippen LogP contribution is 2.42.